The Morgan fingerprint density at radius 2 is 1.39 bits per heavy atom. The van der Waals surface area contributed by atoms with E-state index < -0.39 is 34.8 Å². The molecule has 0 saturated heterocycles. The van der Waals surface area contributed by atoms with Gasteiger partial charge in [0.05, 0.1) is 5.71 Å². The molecule has 0 aromatic heterocycles. The third-order valence-corrected chi connectivity index (χ3v) is 2.87. The van der Waals surface area contributed by atoms with Crippen LogP contribution in [0.3, 0.4) is 0 Å². The van der Waals surface area contributed by atoms with Crippen LogP contribution in [0.4, 0.5) is 27.6 Å². The Labute approximate surface area is 129 Å². The Balaban J connectivity index is 2.21. The van der Waals surface area contributed by atoms with Gasteiger partial charge in [0.2, 0.25) is 5.82 Å². The number of hydrogen-bond donors (Lipinski definition) is 1. The third kappa shape index (κ3) is 3.74. The number of halogens is 5. The van der Waals surface area contributed by atoms with Crippen LogP contribution < -0.4 is 5.43 Å². The van der Waals surface area contributed by atoms with Gasteiger partial charge in [0.1, 0.15) is 5.69 Å². The molecule has 0 atom stereocenters. The summed E-state index contributed by atoms with van der Waals surface area (Å²) in [7, 11) is 0. The smallest absolute Gasteiger partial charge is 0.200 e. The Morgan fingerprint density at radius 3 is 1.96 bits per heavy atom. The van der Waals surface area contributed by atoms with Crippen LogP contribution in [0.25, 0.3) is 6.08 Å². The molecule has 2 aromatic rings. The predicted molar refractivity (Wildman–Crippen MR) is 78.4 cm³/mol. The number of benzene rings is 2. The molecule has 0 aliphatic rings. The van der Waals surface area contributed by atoms with Crippen molar-refractivity contribution in [2.45, 2.75) is 6.92 Å². The van der Waals surface area contributed by atoms with E-state index in [4.69, 9.17) is 0 Å². The minimum atomic E-state index is -2.21. The van der Waals surface area contributed by atoms with Gasteiger partial charge >= 0.3 is 0 Å². The first-order chi connectivity index (χ1) is 10.9. The molecular formula is C16H11F5N2. The highest BCUT2D eigenvalue weighted by Crippen LogP contribution is 2.27. The molecule has 0 fully saturated rings. The number of allylic oxidation sites excluding steroid dienone is 1. The summed E-state index contributed by atoms with van der Waals surface area (Å²) < 4.78 is 65.8. The molecule has 0 bridgehead atoms. The number of nitrogens with one attached hydrogen (secondary N) is 1. The van der Waals surface area contributed by atoms with Crippen molar-refractivity contribution in [3.05, 3.63) is 71.1 Å². The lowest BCUT2D eigenvalue weighted by Crippen LogP contribution is -2.07. The van der Waals surface area contributed by atoms with Gasteiger partial charge in [-0.1, -0.05) is 36.4 Å². The maximum absolute atomic E-state index is 13.4. The molecule has 2 aromatic carbocycles. The SMILES string of the molecule is CC(C=Cc1ccccc1)=NNc1c(F)c(F)c(F)c(F)c1F. The van der Waals surface area contributed by atoms with Crippen molar-refractivity contribution >= 4 is 17.5 Å². The molecule has 120 valence electrons. The molecule has 0 aliphatic heterocycles. The number of rotatable bonds is 4. The van der Waals surface area contributed by atoms with Crippen molar-refractivity contribution in [3.8, 4) is 0 Å². The standard InChI is InChI=1S/C16H11F5N2/c1-9(7-8-10-5-3-2-4-6-10)22-23-16-14(20)12(18)11(17)13(19)15(16)21/h2-8,23H,1H3. The fraction of sp³-hybridized carbons (Fsp3) is 0.0625. The second kappa shape index (κ2) is 7.04. The lowest BCUT2D eigenvalue weighted by molar-refractivity contribution is 0.381. The van der Waals surface area contributed by atoms with Crippen molar-refractivity contribution in [3.63, 3.8) is 0 Å². The number of anilines is 1. The first-order valence-electron chi connectivity index (χ1n) is 6.46. The van der Waals surface area contributed by atoms with Crippen LogP contribution in [-0.4, -0.2) is 5.71 Å². The van der Waals surface area contributed by atoms with Gasteiger partial charge in [-0.05, 0) is 18.6 Å². The number of nitrogens with zero attached hydrogens (tertiary/aromatic N) is 1. The summed E-state index contributed by atoms with van der Waals surface area (Å²) >= 11 is 0. The molecular weight excluding hydrogens is 315 g/mol. The molecule has 0 unspecified atom stereocenters. The molecule has 2 nitrogen and oxygen atoms in total. The van der Waals surface area contributed by atoms with E-state index in [0.717, 1.165) is 5.56 Å². The highest BCUT2D eigenvalue weighted by Gasteiger charge is 2.25. The maximum Gasteiger partial charge on any atom is 0.200 e. The Morgan fingerprint density at radius 1 is 0.870 bits per heavy atom. The molecule has 7 heteroatoms. The summed E-state index contributed by atoms with van der Waals surface area (Å²) in [5.74, 6) is -10.2. The van der Waals surface area contributed by atoms with Gasteiger partial charge in [-0.25, -0.2) is 22.0 Å². The average Bonchev–Trinajstić information content (AvgIpc) is 2.57. The van der Waals surface area contributed by atoms with E-state index in [1.54, 1.807) is 6.08 Å². The van der Waals surface area contributed by atoms with E-state index in [9.17, 15) is 22.0 Å². The van der Waals surface area contributed by atoms with Crippen LogP contribution in [-0.2, 0) is 0 Å². The van der Waals surface area contributed by atoms with E-state index >= 15 is 0 Å². The maximum atomic E-state index is 13.4. The second-order valence-electron chi connectivity index (χ2n) is 4.55. The van der Waals surface area contributed by atoms with Crippen molar-refractivity contribution in [2.24, 2.45) is 5.10 Å². The summed E-state index contributed by atoms with van der Waals surface area (Å²) in [6.07, 6.45) is 3.20. The van der Waals surface area contributed by atoms with E-state index in [2.05, 4.69) is 5.10 Å². The molecule has 1 N–H and O–H groups in total. The van der Waals surface area contributed by atoms with Crippen LogP contribution in [0.15, 0.2) is 41.5 Å². The van der Waals surface area contributed by atoms with Crippen LogP contribution in [0.2, 0.25) is 0 Å². The van der Waals surface area contributed by atoms with E-state index in [0.29, 0.717) is 0 Å². The van der Waals surface area contributed by atoms with Crippen LogP contribution in [0.1, 0.15) is 12.5 Å². The van der Waals surface area contributed by atoms with Crippen molar-refractivity contribution in [1.82, 2.24) is 0 Å². The first kappa shape index (κ1) is 16.7. The van der Waals surface area contributed by atoms with E-state index in [1.807, 2.05) is 35.8 Å². The third-order valence-electron chi connectivity index (χ3n) is 2.87. The van der Waals surface area contributed by atoms with Crippen molar-refractivity contribution in [1.29, 1.82) is 0 Å². The van der Waals surface area contributed by atoms with Gasteiger partial charge in [0, 0.05) is 0 Å². The summed E-state index contributed by atoms with van der Waals surface area (Å²) in [4.78, 5) is 0. The lowest BCUT2D eigenvalue weighted by Gasteiger charge is -2.07. The monoisotopic (exact) mass is 326 g/mol. The minimum Gasteiger partial charge on any atom is -0.272 e. The zero-order valence-electron chi connectivity index (χ0n) is 11.9. The average molecular weight is 326 g/mol. The van der Waals surface area contributed by atoms with Gasteiger partial charge < -0.3 is 0 Å². The fourth-order valence-electron chi connectivity index (χ4n) is 1.67. The van der Waals surface area contributed by atoms with Crippen LogP contribution in [0.5, 0.6) is 0 Å². The Bertz CT molecular complexity index is 741. The van der Waals surface area contributed by atoms with Gasteiger partial charge in [-0.2, -0.15) is 5.10 Å². The molecule has 0 spiro atoms. The first-order valence-corrected chi connectivity index (χ1v) is 6.46. The van der Waals surface area contributed by atoms with Crippen molar-refractivity contribution in [2.75, 3.05) is 5.43 Å². The molecule has 0 heterocycles. The highest BCUT2D eigenvalue weighted by atomic mass is 19.2. The fourth-order valence-corrected chi connectivity index (χ4v) is 1.67. The highest BCUT2D eigenvalue weighted by molar-refractivity contribution is 5.96. The second-order valence-corrected chi connectivity index (χ2v) is 4.55. The van der Waals surface area contributed by atoms with E-state index in [1.165, 1.54) is 13.0 Å². The van der Waals surface area contributed by atoms with Gasteiger partial charge in [0.15, 0.2) is 23.3 Å². The van der Waals surface area contributed by atoms with Gasteiger partial charge in [-0.15, -0.1) is 0 Å². The van der Waals surface area contributed by atoms with Crippen LogP contribution >= 0.6 is 0 Å². The minimum absolute atomic E-state index is 0.276. The Kier molecular flexibility index (Phi) is 5.10. The summed E-state index contributed by atoms with van der Waals surface area (Å²) in [6.45, 7) is 1.50. The molecule has 0 amide bonds. The molecule has 23 heavy (non-hydrogen) atoms. The lowest BCUT2D eigenvalue weighted by atomic mass is 10.2. The molecule has 0 saturated carbocycles. The Hall–Kier alpha value is -2.70. The van der Waals surface area contributed by atoms with E-state index in [-0.39, 0.29) is 5.71 Å². The zero-order valence-corrected chi connectivity index (χ0v) is 11.9. The topological polar surface area (TPSA) is 24.4 Å². The summed E-state index contributed by atoms with van der Waals surface area (Å²) in [6, 6.07) is 9.12. The quantitative estimate of drug-likeness (QED) is 0.280. The number of hydrazone groups is 1. The zero-order chi connectivity index (χ0) is 17.0. The van der Waals surface area contributed by atoms with Gasteiger partial charge in [-0.3, -0.25) is 5.43 Å². The van der Waals surface area contributed by atoms with Gasteiger partial charge in [0.25, 0.3) is 0 Å². The predicted octanol–water partition coefficient (Wildman–Crippen LogP) is 4.88. The number of hydrogen-bond acceptors (Lipinski definition) is 2. The summed E-state index contributed by atoms with van der Waals surface area (Å²) in [5.41, 5.74) is 1.80. The normalized spacial score (nSPS) is 12.0. The molecule has 2 rings (SSSR count). The molecule has 0 aliphatic carbocycles. The molecule has 0 radical (unpaired) electrons. The summed E-state index contributed by atoms with van der Waals surface area (Å²) in [5, 5.41) is 3.59. The largest absolute Gasteiger partial charge is 0.272 e. The van der Waals surface area contributed by atoms with Crippen molar-refractivity contribution < 1.29 is 22.0 Å². The van der Waals surface area contributed by atoms with Crippen LogP contribution in [0, 0.1) is 29.1 Å².